The maximum Gasteiger partial charge on any atom is 0.258 e. The van der Waals surface area contributed by atoms with Crippen molar-refractivity contribution in [3.05, 3.63) is 114 Å². The Morgan fingerprint density at radius 2 is 1.64 bits per heavy atom. The topological polar surface area (TPSA) is 159 Å². The minimum absolute atomic E-state index is 0.0313. The summed E-state index contributed by atoms with van der Waals surface area (Å²) < 4.78 is 38.7. The number of nitrogens with one attached hydrogen (secondary N) is 3. The third-order valence-electron chi connectivity index (χ3n) is 6.03. The predicted molar refractivity (Wildman–Crippen MR) is 163 cm³/mol. The molecule has 0 aliphatic carbocycles. The lowest BCUT2D eigenvalue weighted by atomic mass is 10.2. The predicted octanol–water partition coefficient (Wildman–Crippen LogP) is 3.27. The summed E-state index contributed by atoms with van der Waals surface area (Å²) >= 11 is 0. The highest BCUT2D eigenvalue weighted by molar-refractivity contribution is 7.89. The fourth-order valence-corrected chi connectivity index (χ4v) is 5.28. The largest absolute Gasteiger partial charge is 0.484 e. The number of sulfonamides is 1. The Hall–Kier alpha value is -5.27. The van der Waals surface area contributed by atoms with Gasteiger partial charge in [0.05, 0.1) is 30.5 Å². The molecule has 0 atom stereocenters. The molecule has 3 N–H and O–H groups in total. The number of hydrogen-bond acceptors (Lipinski definition) is 8. The molecular formula is C31H31N5O7S. The van der Waals surface area contributed by atoms with Gasteiger partial charge in [-0.05, 0) is 71.8 Å². The average Bonchev–Trinajstić information content (AvgIpc) is 3.54. The lowest BCUT2D eigenvalue weighted by Gasteiger charge is -2.21. The van der Waals surface area contributed by atoms with Crippen LogP contribution in [-0.2, 0) is 37.5 Å². The highest BCUT2D eigenvalue weighted by Crippen LogP contribution is 2.21. The van der Waals surface area contributed by atoms with Gasteiger partial charge < -0.3 is 19.8 Å². The zero-order chi connectivity index (χ0) is 31.4. The van der Waals surface area contributed by atoms with Gasteiger partial charge in [-0.25, -0.2) is 13.8 Å². The molecular weight excluding hydrogens is 586 g/mol. The lowest BCUT2D eigenvalue weighted by Crippen LogP contribution is -2.39. The maximum atomic E-state index is 13.5. The fraction of sp³-hybridized carbons (Fsp3) is 0.161. The molecule has 0 fully saturated rings. The minimum Gasteiger partial charge on any atom is -0.484 e. The Kier molecular flexibility index (Phi) is 11.0. The summed E-state index contributed by atoms with van der Waals surface area (Å²) in [6.07, 6.45) is 2.92. The first-order chi connectivity index (χ1) is 21.2. The molecule has 0 unspecified atom stereocenters. The van der Waals surface area contributed by atoms with Gasteiger partial charge in [0.1, 0.15) is 11.5 Å². The number of amides is 3. The Morgan fingerprint density at radius 1 is 0.909 bits per heavy atom. The summed E-state index contributed by atoms with van der Waals surface area (Å²) in [5.41, 5.74) is 4.14. The van der Waals surface area contributed by atoms with Crippen molar-refractivity contribution in [1.82, 2.24) is 15.0 Å². The molecule has 1 aromatic heterocycles. The zero-order valence-electron chi connectivity index (χ0n) is 23.8. The number of furan rings is 1. The number of benzene rings is 3. The average molecular weight is 618 g/mol. The van der Waals surface area contributed by atoms with E-state index in [0.29, 0.717) is 28.3 Å². The summed E-state index contributed by atoms with van der Waals surface area (Å²) in [6.45, 7) is 0.907. The first-order valence-corrected chi connectivity index (χ1v) is 14.9. The highest BCUT2D eigenvalue weighted by atomic mass is 32.2. The van der Waals surface area contributed by atoms with Crippen molar-refractivity contribution in [1.29, 1.82) is 0 Å². The molecule has 4 aromatic rings. The number of hydrogen-bond donors (Lipinski definition) is 3. The molecule has 13 heteroatoms. The van der Waals surface area contributed by atoms with Crippen LogP contribution in [0.1, 0.15) is 23.8 Å². The Balaban J connectivity index is 1.33. The number of hydrazone groups is 1. The fourth-order valence-electron chi connectivity index (χ4n) is 3.90. The van der Waals surface area contributed by atoms with Crippen LogP contribution in [0.5, 0.6) is 5.75 Å². The van der Waals surface area contributed by atoms with Gasteiger partial charge in [-0.2, -0.15) is 9.41 Å². The number of anilines is 1. The summed E-state index contributed by atoms with van der Waals surface area (Å²) in [5.74, 6) is -0.133. The van der Waals surface area contributed by atoms with Gasteiger partial charge in [0.2, 0.25) is 15.9 Å². The second kappa shape index (κ2) is 15.3. The van der Waals surface area contributed by atoms with Crippen LogP contribution in [-0.4, -0.2) is 49.8 Å². The highest BCUT2D eigenvalue weighted by Gasteiger charge is 2.27. The third-order valence-corrected chi connectivity index (χ3v) is 7.83. The zero-order valence-corrected chi connectivity index (χ0v) is 24.6. The van der Waals surface area contributed by atoms with E-state index in [1.807, 2.05) is 6.07 Å². The number of carbonyl (C=O) groups is 3. The lowest BCUT2D eigenvalue weighted by molar-refractivity contribution is -0.123. The molecule has 0 saturated heterocycles. The first kappa shape index (κ1) is 31.7. The van der Waals surface area contributed by atoms with E-state index < -0.39 is 22.5 Å². The van der Waals surface area contributed by atoms with Crippen molar-refractivity contribution in [3.8, 4) is 5.75 Å². The molecule has 0 aliphatic heterocycles. The van der Waals surface area contributed by atoms with Gasteiger partial charge in [0, 0.05) is 19.2 Å². The van der Waals surface area contributed by atoms with E-state index in [2.05, 4.69) is 21.2 Å². The van der Waals surface area contributed by atoms with Gasteiger partial charge in [-0.3, -0.25) is 14.4 Å². The van der Waals surface area contributed by atoms with Gasteiger partial charge in [-0.1, -0.05) is 30.3 Å². The van der Waals surface area contributed by atoms with Crippen molar-refractivity contribution < 1.29 is 32.0 Å². The molecule has 228 valence electrons. The second-order valence-electron chi connectivity index (χ2n) is 9.47. The second-order valence-corrected chi connectivity index (χ2v) is 11.4. The van der Waals surface area contributed by atoms with Crippen LogP contribution in [0.25, 0.3) is 0 Å². The van der Waals surface area contributed by atoms with Gasteiger partial charge in [0.15, 0.2) is 6.61 Å². The first-order valence-electron chi connectivity index (χ1n) is 13.4. The van der Waals surface area contributed by atoms with E-state index in [1.165, 1.54) is 43.7 Å². The van der Waals surface area contributed by atoms with Crippen molar-refractivity contribution in [2.24, 2.45) is 5.10 Å². The molecule has 0 spiro atoms. The van der Waals surface area contributed by atoms with Crippen molar-refractivity contribution in [3.63, 3.8) is 0 Å². The number of rotatable bonds is 14. The normalized spacial score (nSPS) is 11.3. The SMILES string of the molecule is CC(=O)Nc1ccc(S(=O)(=O)N(CC(=O)N/N=C/c2ccc(OCC(=O)NCc3ccco3)cc2)Cc2ccccc2)cc1. The van der Waals surface area contributed by atoms with Crippen molar-refractivity contribution in [2.75, 3.05) is 18.5 Å². The Labute approximate surface area is 254 Å². The van der Waals surface area contributed by atoms with E-state index in [-0.39, 0.29) is 36.4 Å². The van der Waals surface area contributed by atoms with Crippen molar-refractivity contribution >= 4 is 39.6 Å². The van der Waals surface area contributed by atoms with E-state index in [9.17, 15) is 22.8 Å². The van der Waals surface area contributed by atoms with Crippen LogP contribution < -0.4 is 20.8 Å². The number of ether oxygens (including phenoxy) is 1. The molecule has 4 rings (SSSR count). The summed E-state index contributed by atoms with van der Waals surface area (Å²) in [4.78, 5) is 36.0. The van der Waals surface area contributed by atoms with E-state index in [4.69, 9.17) is 9.15 Å². The molecule has 12 nitrogen and oxygen atoms in total. The molecule has 0 bridgehead atoms. The molecule has 1 heterocycles. The quantitative estimate of drug-likeness (QED) is 0.145. The number of nitrogens with zero attached hydrogens (tertiary/aromatic N) is 2. The van der Waals surface area contributed by atoms with Gasteiger partial charge in [-0.15, -0.1) is 0 Å². The summed E-state index contributed by atoms with van der Waals surface area (Å²) in [5, 5.41) is 9.22. The van der Waals surface area contributed by atoms with E-state index in [1.54, 1.807) is 60.7 Å². The molecule has 0 saturated carbocycles. The van der Waals surface area contributed by atoms with Crippen LogP contribution in [0.3, 0.4) is 0 Å². The van der Waals surface area contributed by atoms with Gasteiger partial charge in [0.25, 0.3) is 11.8 Å². The smallest absolute Gasteiger partial charge is 0.258 e. The Morgan fingerprint density at radius 3 is 2.30 bits per heavy atom. The summed E-state index contributed by atoms with van der Waals surface area (Å²) in [7, 11) is -4.09. The van der Waals surface area contributed by atoms with Crippen LogP contribution in [0.2, 0.25) is 0 Å². The van der Waals surface area contributed by atoms with Crippen LogP contribution in [0.4, 0.5) is 5.69 Å². The number of carbonyl (C=O) groups excluding carboxylic acids is 3. The minimum atomic E-state index is -4.09. The molecule has 0 aliphatic rings. The summed E-state index contributed by atoms with van der Waals surface area (Å²) in [6, 6.07) is 24.7. The Bertz CT molecular complexity index is 1670. The third kappa shape index (κ3) is 9.64. The molecule has 3 aromatic carbocycles. The van der Waals surface area contributed by atoms with Crippen LogP contribution in [0, 0.1) is 0 Å². The molecule has 0 radical (unpaired) electrons. The monoisotopic (exact) mass is 617 g/mol. The van der Waals surface area contributed by atoms with E-state index >= 15 is 0 Å². The van der Waals surface area contributed by atoms with Crippen LogP contribution in [0.15, 0.2) is 112 Å². The van der Waals surface area contributed by atoms with Crippen molar-refractivity contribution in [2.45, 2.75) is 24.9 Å². The standard InChI is InChI=1S/C31H31N5O7S/c1-23(37)34-26-11-15-29(16-12-26)44(40,41)36(20-25-6-3-2-4-7-25)21-30(38)35-33-18-24-9-13-27(14-10-24)43-22-31(39)32-19-28-8-5-17-42-28/h2-18H,19-22H2,1H3,(H,32,39)(H,34,37)(H,35,38)/b33-18+. The maximum absolute atomic E-state index is 13.5. The molecule has 44 heavy (non-hydrogen) atoms. The van der Waals surface area contributed by atoms with Crippen LogP contribution >= 0.6 is 0 Å². The van der Waals surface area contributed by atoms with E-state index in [0.717, 1.165) is 4.31 Å². The molecule has 3 amide bonds. The van der Waals surface area contributed by atoms with Gasteiger partial charge >= 0.3 is 0 Å².